The molecule has 1 aliphatic heterocycles. The fraction of sp³-hybridized carbons (Fsp3) is 0.217. The maximum absolute atomic E-state index is 15.4. The number of urea groups is 1. The summed E-state index contributed by atoms with van der Waals surface area (Å²) in [5.74, 6) is -4.47. The number of ketones is 1. The number of hydrogen-bond donors (Lipinski definition) is 2. The quantitative estimate of drug-likeness (QED) is 0.383. The van der Waals surface area contributed by atoms with Crippen LogP contribution in [0, 0.1) is 11.6 Å². The summed E-state index contributed by atoms with van der Waals surface area (Å²) < 4.78 is 28.9. The number of halogens is 3. The number of rotatable bonds is 6. The summed E-state index contributed by atoms with van der Waals surface area (Å²) in [5, 5.41) is 15.6. The second-order valence-corrected chi connectivity index (χ2v) is 8.05. The predicted molar refractivity (Wildman–Crippen MR) is 116 cm³/mol. The third kappa shape index (κ3) is 6.46. The van der Waals surface area contributed by atoms with Crippen molar-refractivity contribution in [1.29, 1.82) is 0 Å². The Bertz CT molecular complexity index is 1220. The fourth-order valence-corrected chi connectivity index (χ4v) is 3.71. The first-order chi connectivity index (χ1) is 16.0. The van der Waals surface area contributed by atoms with Gasteiger partial charge in [-0.3, -0.25) is 9.59 Å². The van der Waals surface area contributed by atoms with Crippen LogP contribution in [0.15, 0.2) is 48.2 Å². The molecule has 2 aromatic rings. The molecule has 12 heteroatoms. The van der Waals surface area contributed by atoms with Crippen LogP contribution in [0.2, 0.25) is 5.02 Å². The minimum atomic E-state index is -1.58. The fourth-order valence-electron chi connectivity index (χ4n) is 3.53. The molecule has 0 saturated heterocycles. The Labute approximate surface area is 226 Å². The smallest absolute Gasteiger partial charge is 0.550 e. The SMILES string of the molecule is CC1=CN(C)C(=O)C(NC(=O)NC(CC(=O)[O-])c2cccc(-c3ccc(F)c(Cl)c3)c2F)C1=O.[Na+]. The second kappa shape index (κ2) is 11.8. The standard InChI is InChI=1S/C23H20ClF2N3O5.Na/c1-11-10-29(2)22(33)20(21(11)32)28-23(34)27-17(9-18(30)31)14-5-3-4-13(19(14)26)12-6-7-16(25)15(24)8-12;/h3-8,10,17,20H,9H2,1-2H3,(H,30,31)(H2,27,28,34);/q;+1/p-1. The van der Waals surface area contributed by atoms with E-state index in [0.29, 0.717) is 0 Å². The molecule has 0 fully saturated rings. The van der Waals surface area contributed by atoms with Gasteiger partial charge in [0.15, 0.2) is 11.8 Å². The Morgan fingerprint density at radius 2 is 1.89 bits per heavy atom. The van der Waals surface area contributed by atoms with Crippen molar-refractivity contribution in [3.05, 3.63) is 70.4 Å². The number of carbonyl (C=O) groups excluding carboxylic acids is 4. The maximum Gasteiger partial charge on any atom is 1.00 e. The van der Waals surface area contributed by atoms with Gasteiger partial charge in [-0.2, -0.15) is 0 Å². The molecule has 0 saturated carbocycles. The summed E-state index contributed by atoms with van der Waals surface area (Å²) in [4.78, 5) is 49.6. The Balaban J connectivity index is 0.00000432. The van der Waals surface area contributed by atoms with Gasteiger partial charge in [-0.15, -0.1) is 0 Å². The van der Waals surface area contributed by atoms with Crippen molar-refractivity contribution in [1.82, 2.24) is 15.5 Å². The first-order valence-electron chi connectivity index (χ1n) is 9.99. The van der Waals surface area contributed by atoms with E-state index in [0.717, 1.165) is 11.0 Å². The summed E-state index contributed by atoms with van der Waals surface area (Å²) in [6.45, 7) is 1.47. The van der Waals surface area contributed by atoms with Crippen LogP contribution in [-0.2, 0) is 14.4 Å². The molecule has 2 aromatic carbocycles. The molecular formula is C23H19ClF2N3NaO5. The third-order valence-electron chi connectivity index (χ3n) is 5.22. The predicted octanol–water partition coefficient (Wildman–Crippen LogP) is -0.917. The van der Waals surface area contributed by atoms with Crippen LogP contribution in [0.5, 0.6) is 0 Å². The van der Waals surface area contributed by atoms with Gasteiger partial charge in [-0.05, 0) is 24.6 Å². The van der Waals surface area contributed by atoms with Crippen LogP contribution >= 0.6 is 11.6 Å². The number of carboxylic acid groups (broad SMARTS) is 1. The number of aliphatic carboxylic acids is 1. The Kier molecular flexibility index (Phi) is 9.56. The molecule has 8 nitrogen and oxygen atoms in total. The van der Waals surface area contributed by atoms with E-state index in [1.54, 1.807) is 0 Å². The molecular weight excluding hydrogens is 495 g/mol. The van der Waals surface area contributed by atoms with Crippen LogP contribution in [0.3, 0.4) is 0 Å². The summed E-state index contributed by atoms with van der Waals surface area (Å²) in [6.07, 6.45) is 0.519. The first kappa shape index (κ1) is 28.4. The molecule has 0 bridgehead atoms. The zero-order chi connectivity index (χ0) is 25.2. The van der Waals surface area contributed by atoms with Crippen molar-refractivity contribution < 1.29 is 62.6 Å². The third-order valence-corrected chi connectivity index (χ3v) is 5.51. The van der Waals surface area contributed by atoms with Crippen LogP contribution < -0.4 is 45.3 Å². The normalized spacial score (nSPS) is 16.2. The van der Waals surface area contributed by atoms with E-state index in [2.05, 4.69) is 10.6 Å². The first-order valence-corrected chi connectivity index (χ1v) is 10.4. The van der Waals surface area contributed by atoms with Gasteiger partial charge in [0.25, 0.3) is 5.91 Å². The van der Waals surface area contributed by atoms with Gasteiger partial charge in [0.2, 0.25) is 0 Å². The Hall–Kier alpha value is -2.79. The molecule has 35 heavy (non-hydrogen) atoms. The summed E-state index contributed by atoms with van der Waals surface area (Å²) in [7, 11) is 1.41. The molecule has 178 valence electrons. The maximum atomic E-state index is 15.4. The number of amides is 3. The Morgan fingerprint density at radius 1 is 1.20 bits per heavy atom. The molecule has 2 unspecified atom stereocenters. The monoisotopic (exact) mass is 513 g/mol. The number of hydrogen-bond acceptors (Lipinski definition) is 5. The van der Waals surface area contributed by atoms with Crippen molar-refractivity contribution in [2.45, 2.75) is 25.4 Å². The summed E-state index contributed by atoms with van der Waals surface area (Å²) >= 11 is 5.78. The molecule has 3 rings (SSSR count). The minimum Gasteiger partial charge on any atom is -0.550 e. The van der Waals surface area contributed by atoms with Gasteiger partial charge in [0.05, 0.1) is 11.1 Å². The van der Waals surface area contributed by atoms with Crippen molar-refractivity contribution in [3.8, 4) is 11.1 Å². The van der Waals surface area contributed by atoms with Crippen molar-refractivity contribution in [2.75, 3.05) is 7.05 Å². The largest absolute Gasteiger partial charge is 1.00 e. The van der Waals surface area contributed by atoms with Crippen molar-refractivity contribution in [2.24, 2.45) is 0 Å². The van der Waals surface area contributed by atoms with Crippen LogP contribution in [0.4, 0.5) is 13.6 Å². The molecule has 3 amide bonds. The van der Waals surface area contributed by atoms with Gasteiger partial charge in [-0.1, -0.05) is 35.9 Å². The van der Waals surface area contributed by atoms with Gasteiger partial charge in [0, 0.05) is 42.3 Å². The number of carbonyl (C=O) groups is 4. The van der Waals surface area contributed by atoms with Crippen LogP contribution in [-0.4, -0.2) is 41.7 Å². The van der Waals surface area contributed by atoms with E-state index in [1.807, 2.05) is 0 Å². The number of Topliss-reactive ketones (excluding diaryl/α,β-unsaturated/α-hetero) is 1. The molecule has 2 N–H and O–H groups in total. The molecule has 0 radical (unpaired) electrons. The summed E-state index contributed by atoms with van der Waals surface area (Å²) in [5.41, 5.74) is 0.248. The van der Waals surface area contributed by atoms with Crippen molar-refractivity contribution in [3.63, 3.8) is 0 Å². The van der Waals surface area contributed by atoms with Gasteiger partial charge in [-0.25, -0.2) is 13.6 Å². The van der Waals surface area contributed by atoms with E-state index in [-0.39, 0.29) is 56.8 Å². The van der Waals surface area contributed by atoms with Gasteiger partial charge < -0.3 is 25.4 Å². The number of benzene rings is 2. The van der Waals surface area contributed by atoms with Gasteiger partial charge >= 0.3 is 35.6 Å². The topological polar surface area (TPSA) is 119 Å². The van der Waals surface area contributed by atoms with E-state index in [4.69, 9.17) is 11.6 Å². The van der Waals surface area contributed by atoms with Crippen molar-refractivity contribution >= 4 is 35.3 Å². The Morgan fingerprint density at radius 3 is 2.51 bits per heavy atom. The zero-order valence-corrected chi connectivity index (χ0v) is 21.8. The van der Waals surface area contributed by atoms with Gasteiger partial charge in [0.1, 0.15) is 11.6 Å². The number of likely N-dealkylation sites (N-methyl/N-ethyl adjacent to an activating group) is 1. The molecule has 1 heterocycles. The van der Waals surface area contributed by atoms with Crippen LogP contribution in [0.25, 0.3) is 11.1 Å². The molecule has 0 aliphatic carbocycles. The van der Waals surface area contributed by atoms with E-state index >= 15 is 4.39 Å². The second-order valence-electron chi connectivity index (χ2n) is 7.64. The number of carboxylic acids is 1. The van der Waals surface area contributed by atoms with Crippen LogP contribution in [0.1, 0.15) is 24.9 Å². The van der Waals surface area contributed by atoms with E-state index in [1.165, 1.54) is 50.5 Å². The average molecular weight is 514 g/mol. The molecule has 0 spiro atoms. The molecule has 0 aromatic heterocycles. The minimum absolute atomic E-state index is 0. The number of nitrogens with one attached hydrogen (secondary N) is 2. The van der Waals surface area contributed by atoms with E-state index < -0.39 is 53.8 Å². The summed E-state index contributed by atoms with van der Waals surface area (Å²) in [6, 6.07) is 3.63. The average Bonchev–Trinajstić information content (AvgIpc) is 2.77. The molecule has 2 atom stereocenters. The molecule has 1 aliphatic rings. The number of nitrogens with zero attached hydrogens (tertiary/aromatic N) is 1. The zero-order valence-electron chi connectivity index (χ0n) is 19.0. The van der Waals surface area contributed by atoms with E-state index in [9.17, 15) is 28.7 Å².